The average Bonchev–Trinajstić information content (AvgIpc) is 2.27. The molecule has 0 bridgehead atoms. The van der Waals surface area contributed by atoms with Crippen LogP contribution in [0.25, 0.3) is 0 Å². The van der Waals surface area contributed by atoms with E-state index in [9.17, 15) is 14.7 Å². The van der Waals surface area contributed by atoms with Crippen LogP contribution in [0.15, 0.2) is 18.2 Å². The van der Waals surface area contributed by atoms with Gasteiger partial charge < -0.3 is 19.7 Å². The van der Waals surface area contributed by atoms with Gasteiger partial charge in [0.2, 0.25) is 0 Å². The SMILES string of the molecule is CC(C)(C)OC(=O)Nc1ccc(O)c(OCC(=O)O)c1. The molecule has 0 radical (unpaired) electrons. The zero-order valence-corrected chi connectivity index (χ0v) is 11.5. The number of aliphatic carboxylic acids is 1. The smallest absolute Gasteiger partial charge is 0.412 e. The highest BCUT2D eigenvalue weighted by Gasteiger charge is 2.16. The van der Waals surface area contributed by atoms with E-state index >= 15 is 0 Å². The summed E-state index contributed by atoms with van der Waals surface area (Å²) >= 11 is 0. The van der Waals surface area contributed by atoms with Gasteiger partial charge in [0.05, 0.1) is 0 Å². The van der Waals surface area contributed by atoms with Crippen molar-refractivity contribution in [3.8, 4) is 11.5 Å². The highest BCUT2D eigenvalue weighted by atomic mass is 16.6. The first kappa shape index (κ1) is 15.6. The molecule has 7 nitrogen and oxygen atoms in total. The summed E-state index contributed by atoms with van der Waals surface area (Å²) in [7, 11) is 0. The van der Waals surface area contributed by atoms with E-state index in [2.05, 4.69) is 5.32 Å². The van der Waals surface area contributed by atoms with Crippen molar-refractivity contribution in [3.05, 3.63) is 18.2 Å². The molecule has 3 N–H and O–H groups in total. The molecule has 0 aromatic heterocycles. The first-order valence-corrected chi connectivity index (χ1v) is 5.85. The number of benzene rings is 1. The van der Waals surface area contributed by atoms with Crippen molar-refractivity contribution in [2.75, 3.05) is 11.9 Å². The number of rotatable bonds is 4. The van der Waals surface area contributed by atoms with Gasteiger partial charge in [0, 0.05) is 11.8 Å². The topological polar surface area (TPSA) is 105 Å². The summed E-state index contributed by atoms with van der Waals surface area (Å²) in [5, 5.41) is 20.5. The molecular weight excluding hydrogens is 266 g/mol. The van der Waals surface area contributed by atoms with Crippen LogP contribution in [0.2, 0.25) is 0 Å². The molecule has 0 spiro atoms. The maximum Gasteiger partial charge on any atom is 0.412 e. The molecule has 0 saturated heterocycles. The number of phenolic OH excluding ortho intramolecular Hbond substituents is 1. The molecule has 0 aliphatic heterocycles. The molecular formula is C13H17NO6. The third kappa shape index (κ3) is 5.47. The molecule has 0 heterocycles. The highest BCUT2D eigenvalue weighted by molar-refractivity contribution is 5.85. The van der Waals surface area contributed by atoms with Crippen molar-refractivity contribution in [2.24, 2.45) is 0 Å². The minimum Gasteiger partial charge on any atom is -0.504 e. The lowest BCUT2D eigenvalue weighted by Gasteiger charge is -2.19. The van der Waals surface area contributed by atoms with Crippen molar-refractivity contribution < 1.29 is 29.3 Å². The number of carbonyl (C=O) groups is 2. The number of carboxylic acids is 1. The van der Waals surface area contributed by atoms with Crippen LogP contribution >= 0.6 is 0 Å². The fourth-order valence-electron chi connectivity index (χ4n) is 1.27. The van der Waals surface area contributed by atoms with Gasteiger partial charge in [0.15, 0.2) is 18.1 Å². The van der Waals surface area contributed by atoms with E-state index in [-0.39, 0.29) is 11.5 Å². The minimum absolute atomic E-state index is 0.0408. The Bertz CT molecular complexity index is 506. The van der Waals surface area contributed by atoms with Crippen LogP contribution in [0.1, 0.15) is 20.8 Å². The molecule has 0 aliphatic rings. The predicted octanol–water partition coefficient (Wildman–Crippen LogP) is 2.20. The molecule has 0 fully saturated rings. The molecule has 20 heavy (non-hydrogen) atoms. The van der Waals surface area contributed by atoms with Crippen LogP contribution < -0.4 is 10.1 Å². The first-order chi connectivity index (χ1) is 9.17. The number of carboxylic acid groups (broad SMARTS) is 1. The Morgan fingerprint density at radius 2 is 1.95 bits per heavy atom. The Hall–Kier alpha value is -2.44. The Balaban J connectivity index is 2.74. The zero-order chi connectivity index (χ0) is 15.3. The van der Waals surface area contributed by atoms with Gasteiger partial charge in [0.1, 0.15) is 5.60 Å². The zero-order valence-electron chi connectivity index (χ0n) is 11.5. The second kappa shape index (κ2) is 6.14. The molecule has 0 unspecified atom stereocenters. The molecule has 110 valence electrons. The average molecular weight is 283 g/mol. The number of hydrogen-bond donors (Lipinski definition) is 3. The monoisotopic (exact) mass is 283 g/mol. The maximum atomic E-state index is 11.6. The number of carbonyl (C=O) groups excluding carboxylic acids is 1. The summed E-state index contributed by atoms with van der Waals surface area (Å²) in [4.78, 5) is 22.0. The highest BCUT2D eigenvalue weighted by Crippen LogP contribution is 2.29. The summed E-state index contributed by atoms with van der Waals surface area (Å²) in [6.07, 6.45) is -0.660. The van der Waals surface area contributed by atoms with Crippen LogP contribution in [-0.2, 0) is 9.53 Å². The van der Waals surface area contributed by atoms with E-state index in [1.807, 2.05) is 0 Å². The van der Waals surface area contributed by atoms with Gasteiger partial charge >= 0.3 is 12.1 Å². The predicted molar refractivity (Wildman–Crippen MR) is 71.1 cm³/mol. The van der Waals surface area contributed by atoms with Gasteiger partial charge in [-0.3, -0.25) is 5.32 Å². The van der Waals surface area contributed by atoms with E-state index in [1.54, 1.807) is 20.8 Å². The Kier molecular flexibility index (Phi) is 4.79. The van der Waals surface area contributed by atoms with Gasteiger partial charge in [0.25, 0.3) is 0 Å². The number of amides is 1. The second-order valence-electron chi connectivity index (χ2n) is 4.99. The third-order valence-corrected chi connectivity index (χ3v) is 1.96. The molecule has 0 saturated carbocycles. The van der Waals surface area contributed by atoms with Crippen LogP contribution in [0, 0.1) is 0 Å². The molecule has 1 amide bonds. The van der Waals surface area contributed by atoms with Crippen molar-refractivity contribution in [1.82, 2.24) is 0 Å². The fraction of sp³-hybridized carbons (Fsp3) is 0.385. The fourth-order valence-corrected chi connectivity index (χ4v) is 1.27. The lowest BCUT2D eigenvalue weighted by atomic mass is 10.2. The van der Waals surface area contributed by atoms with Crippen LogP contribution in [0.4, 0.5) is 10.5 Å². The van der Waals surface area contributed by atoms with Crippen molar-refractivity contribution in [1.29, 1.82) is 0 Å². The van der Waals surface area contributed by atoms with Gasteiger partial charge in [-0.25, -0.2) is 9.59 Å². The Morgan fingerprint density at radius 1 is 1.30 bits per heavy atom. The maximum absolute atomic E-state index is 11.6. The van der Waals surface area contributed by atoms with Gasteiger partial charge in [-0.1, -0.05) is 0 Å². The van der Waals surface area contributed by atoms with E-state index in [1.165, 1.54) is 18.2 Å². The largest absolute Gasteiger partial charge is 0.504 e. The van der Waals surface area contributed by atoms with E-state index < -0.39 is 24.3 Å². The number of aromatic hydroxyl groups is 1. The lowest BCUT2D eigenvalue weighted by Crippen LogP contribution is -2.27. The van der Waals surface area contributed by atoms with E-state index in [0.717, 1.165) is 0 Å². The molecule has 7 heteroatoms. The van der Waals surface area contributed by atoms with Crippen molar-refractivity contribution in [2.45, 2.75) is 26.4 Å². The molecule has 1 aromatic carbocycles. The summed E-state index contributed by atoms with van der Waals surface area (Å²) < 4.78 is 9.94. The molecule has 0 atom stereocenters. The van der Waals surface area contributed by atoms with Crippen molar-refractivity contribution in [3.63, 3.8) is 0 Å². The Morgan fingerprint density at radius 3 is 2.50 bits per heavy atom. The minimum atomic E-state index is -1.17. The number of hydrogen-bond acceptors (Lipinski definition) is 5. The standard InChI is InChI=1S/C13H17NO6/c1-13(2,3)20-12(18)14-8-4-5-9(15)10(6-8)19-7-11(16)17/h4-6,15H,7H2,1-3H3,(H,14,18)(H,16,17). The van der Waals surface area contributed by atoms with Gasteiger partial charge in [-0.05, 0) is 32.9 Å². The number of ether oxygens (including phenoxy) is 2. The number of phenols is 1. The second-order valence-corrected chi connectivity index (χ2v) is 4.99. The van der Waals surface area contributed by atoms with Crippen LogP contribution in [0.3, 0.4) is 0 Å². The molecule has 0 aliphatic carbocycles. The van der Waals surface area contributed by atoms with E-state index in [4.69, 9.17) is 14.6 Å². The summed E-state index contributed by atoms with van der Waals surface area (Å²) in [5.74, 6) is -1.43. The summed E-state index contributed by atoms with van der Waals surface area (Å²) in [6, 6.07) is 4.03. The Labute approximate surface area is 116 Å². The number of anilines is 1. The summed E-state index contributed by atoms with van der Waals surface area (Å²) in [5.41, 5.74) is -0.318. The first-order valence-electron chi connectivity index (χ1n) is 5.85. The molecule has 1 rings (SSSR count). The van der Waals surface area contributed by atoms with Gasteiger partial charge in [-0.15, -0.1) is 0 Å². The summed E-state index contributed by atoms with van der Waals surface area (Å²) in [6.45, 7) is 4.59. The molecule has 1 aromatic rings. The van der Waals surface area contributed by atoms with Crippen LogP contribution in [0.5, 0.6) is 11.5 Å². The van der Waals surface area contributed by atoms with Crippen molar-refractivity contribution >= 4 is 17.7 Å². The van der Waals surface area contributed by atoms with E-state index in [0.29, 0.717) is 5.69 Å². The van der Waals surface area contributed by atoms with Gasteiger partial charge in [-0.2, -0.15) is 0 Å². The lowest BCUT2D eigenvalue weighted by molar-refractivity contribution is -0.139. The quantitative estimate of drug-likeness (QED) is 0.732. The number of nitrogens with one attached hydrogen (secondary N) is 1. The van der Waals surface area contributed by atoms with Crippen LogP contribution in [-0.4, -0.2) is 34.5 Å². The normalized spacial score (nSPS) is 10.8. The third-order valence-electron chi connectivity index (χ3n) is 1.96.